The van der Waals surface area contributed by atoms with Gasteiger partial charge in [-0.25, -0.2) is 0 Å². The summed E-state index contributed by atoms with van der Waals surface area (Å²) in [5.41, 5.74) is 0. The fraction of sp³-hybridized carbons (Fsp3) is 0.200. The SMILES string of the molecule is C=CCn1[c]nnc1. The molecule has 41 valence electrons. The molecule has 0 amide bonds. The van der Waals surface area contributed by atoms with Crippen LogP contribution in [0.4, 0.5) is 0 Å². The van der Waals surface area contributed by atoms with Crippen molar-refractivity contribution < 1.29 is 0 Å². The Morgan fingerprint density at radius 2 is 2.75 bits per heavy atom. The molecule has 0 bridgehead atoms. The summed E-state index contributed by atoms with van der Waals surface area (Å²) in [4.78, 5) is 0. The molecule has 0 saturated carbocycles. The number of hydrogen-bond donors (Lipinski definition) is 0. The van der Waals surface area contributed by atoms with Crippen LogP contribution in [0.25, 0.3) is 0 Å². The van der Waals surface area contributed by atoms with E-state index in [9.17, 15) is 0 Å². The minimum absolute atomic E-state index is 0.729. The van der Waals surface area contributed by atoms with Gasteiger partial charge in [0.05, 0.1) is 0 Å². The molecule has 0 atom stereocenters. The third-order valence-electron chi connectivity index (χ3n) is 0.748. The molecule has 0 aliphatic rings. The Bertz CT molecular complexity index is 154. The van der Waals surface area contributed by atoms with Crippen LogP contribution in [0, 0.1) is 6.33 Å². The molecule has 0 aromatic carbocycles. The number of rotatable bonds is 2. The standard InChI is InChI=1S/C5H6N3/c1-2-3-8-4-6-7-5-8/h2,4H,1,3H2. The molecular formula is C5H6N3. The van der Waals surface area contributed by atoms with E-state index in [1.807, 2.05) is 0 Å². The lowest BCUT2D eigenvalue weighted by Crippen LogP contribution is -1.88. The van der Waals surface area contributed by atoms with E-state index in [4.69, 9.17) is 0 Å². The van der Waals surface area contributed by atoms with Crippen LogP contribution in [0.1, 0.15) is 0 Å². The highest BCUT2D eigenvalue weighted by atomic mass is 15.2. The number of hydrogen-bond acceptors (Lipinski definition) is 2. The Labute approximate surface area is 47.7 Å². The van der Waals surface area contributed by atoms with Gasteiger partial charge in [0.1, 0.15) is 6.33 Å². The van der Waals surface area contributed by atoms with Crippen LogP contribution in [-0.4, -0.2) is 14.8 Å². The molecule has 8 heavy (non-hydrogen) atoms. The van der Waals surface area contributed by atoms with Gasteiger partial charge in [-0.05, 0) is 0 Å². The Hall–Kier alpha value is -1.12. The van der Waals surface area contributed by atoms with E-state index in [1.54, 1.807) is 17.0 Å². The van der Waals surface area contributed by atoms with E-state index in [-0.39, 0.29) is 0 Å². The van der Waals surface area contributed by atoms with Crippen molar-refractivity contribution in [2.24, 2.45) is 0 Å². The molecule has 0 unspecified atom stereocenters. The van der Waals surface area contributed by atoms with E-state index in [0.717, 1.165) is 6.54 Å². The van der Waals surface area contributed by atoms with Crippen LogP contribution in [0.2, 0.25) is 0 Å². The van der Waals surface area contributed by atoms with Crippen LogP contribution < -0.4 is 0 Å². The van der Waals surface area contributed by atoms with Crippen LogP contribution in [0.15, 0.2) is 19.0 Å². The van der Waals surface area contributed by atoms with E-state index < -0.39 is 0 Å². The van der Waals surface area contributed by atoms with Gasteiger partial charge in [0.15, 0.2) is 0 Å². The summed E-state index contributed by atoms with van der Waals surface area (Å²) in [5.74, 6) is 0. The van der Waals surface area contributed by atoms with Gasteiger partial charge in [-0.3, -0.25) is 0 Å². The zero-order valence-corrected chi connectivity index (χ0v) is 4.41. The highest BCUT2D eigenvalue weighted by molar-refractivity contribution is 4.69. The van der Waals surface area contributed by atoms with Crippen molar-refractivity contribution in [2.75, 3.05) is 0 Å². The first-order chi connectivity index (χ1) is 3.93. The molecule has 3 heteroatoms. The van der Waals surface area contributed by atoms with E-state index in [2.05, 4.69) is 23.1 Å². The normalized spacial score (nSPS) is 9.00. The molecule has 0 fully saturated rings. The summed E-state index contributed by atoms with van der Waals surface area (Å²) >= 11 is 0. The molecule has 0 aliphatic heterocycles. The Balaban J connectivity index is 2.62. The molecule has 0 saturated heterocycles. The van der Waals surface area contributed by atoms with Crippen molar-refractivity contribution in [1.29, 1.82) is 0 Å². The molecule has 1 radical (unpaired) electrons. The molecule has 0 aliphatic carbocycles. The average Bonchev–Trinajstić information content (AvgIpc) is 2.19. The molecule has 1 heterocycles. The van der Waals surface area contributed by atoms with Crippen LogP contribution in [-0.2, 0) is 6.54 Å². The lowest BCUT2D eigenvalue weighted by Gasteiger charge is -1.86. The number of aromatic nitrogens is 3. The average molecular weight is 108 g/mol. The topological polar surface area (TPSA) is 30.7 Å². The summed E-state index contributed by atoms with van der Waals surface area (Å²) < 4.78 is 1.72. The van der Waals surface area contributed by atoms with Gasteiger partial charge >= 0.3 is 0 Å². The molecule has 0 spiro atoms. The van der Waals surface area contributed by atoms with E-state index >= 15 is 0 Å². The van der Waals surface area contributed by atoms with Gasteiger partial charge in [0.25, 0.3) is 0 Å². The first-order valence-electron chi connectivity index (χ1n) is 2.30. The Morgan fingerprint density at radius 1 is 1.88 bits per heavy atom. The maximum absolute atomic E-state index is 3.55. The molecule has 1 rings (SSSR count). The second-order valence-electron chi connectivity index (χ2n) is 1.37. The largest absolute Gasteiger partial charge is 0.307 e. The van der Waals surface area contributed by atoms with Gasteiger partial charge in [0.2, 0.25) is 6.33 Å². The van der Waals surface area contributed by atoms with Crippen LogP contribution in [0.3, 0.4) is 0 Å². The molecule has 0 N–H and O–H groups in total. The predicted molar refractivity (Wildman–Crippen MR) is 29.1 cm³/mol. The zero-order chi connectivity index (χ0) is 5.82. The number of nitrogens with zero attached hydrogens (tertiary/aromatic N) is 3. The number of allylic oxidation sites excluding steroid dienone is 1. The van der Waals surface area contributed by atoms with Gasteiger partial charge in [0, 0.05) is 6.54 Å². The van der Waals surface area contributed by atoms with E-state index in [1.165, 1.54) is 0 Å². The summed E-state index contributed by atoms with van der Waals surface area (Å²) in [7, 11) is 0. The van der Waals surface area contributed by atoms with Crippen molar-refractivity contribution in [3.8, 4) is 0 Å². The maximum atomic E-state index is 3.55. The molecule has 1 aromatic heterocycles. The summed E-state index contributed by atoms with van der Waals surface area (Å²) in [6, 6.07) is 0. The monoisotopic (exact) mass is 108 g/mol. The van der Waals surface area contributed by atoms with Crippen molar-refractivity contribution in [2.45, 2.75) is 6.54 Å². The summed E-state index contributed by atoms with van der Waals surface area (Å²) in [6.07, 6.45) is 5.98. The fourth-order valence-electron chi connectivity index (χ4n) is 0.424. The summed E-state index contributed by atoms with van der Waals surface area (Å²) in [6.45, 7) is 4.27. The lowest BCUT2D eigenvalue weighted by atomic mass is 10.6. The lowest BCUT2D eigenvalue weighted by molar-refractivity contribution is 0.811. The third kappa shape index (κ3) is 0.932. The van der Waals surface area contributed by atoms with Crippen molar-refractivity contribution >= 4 is 0 Å². The molecular weight excluding hydrogens is 102 g/mol. The van der Waals surface area contributed by atoms with Crippen LogP contribution >= 0.6 is 0 Å². The van der Waals surface area contributed by atoms with Crippen molar-refractivity contribution in [3.05, 3.63) is 25.3 Å². The zero-order valence-electron chi connectivity index (χ0n) is 4.41. The van der Waals surface area contributed by atoms with Crippen LogP contribution in [0.5, 0.6) is 0 Å². The van der Waals surface area contributed by atoms with Gasteiger partial charge in [-0.1, -0.05) is 6.08 Å². The van der Waals surface area contributed by atoms with Gasteiger partial charge in [-0.2, -0.15) is 0 Å². The van der Waals surface area contributed by atoms with Crippen molar-refractivity contribution in [1.82, 2.24) is 14.8 Å². The molecule has 3 nitrogen and oxygen atoms in total. The fourth-order valence-corrected chi connectivity index (χ4v) is 0.424. The van der Waals surface area contributed by atoms with Crippen molar-refractivity contribution in [3.63, 3.8) is 0 Å². The quantitative estimate of drug-likeness (QED) is 0.509. The van der Waals surface area contributed by atoms with E-state index in [0.29, 0.717) is 0 Å². The first kappa shape index (κ1) is 5.03. The second-order valence-corrected chi connectivity index (χ2v) is 1.37. The third-order valence-corrected chi connectivity index (χ3v) is 0.748. The minimum Gasteiger partial charge on any atom is -0.307 e. The molecule has 1 aromatic rings. The smallest absolute Gasteiger partial charge is 0.202 e. The highest BCUT2D eigenvalue weighted by Gasteiger charge is 1.82. The first-order valence-corrected chi connectivity index (χ1v) is 2.30. The highest BCUT2D eigenvalue weighted by Crippen LogP contribution is 1.78. The second kappa shape index (κ2) is 2.26. The predicted octanol–water partition coefficient (Wildman–Crippen LogP) is 0.264. The summed E-state index contributed by atoms with van der Waals surface area (Å²) in [5, 5.41) is 7.03. The Morgan fingerprint density at radius 3 is 3.25 bits per heavy atom. The Kier molecular flexibility index (Phi) is 1.42. The maximum Gasteiger partial charge on any atom is 0.202 e. The van der Waals surface area contributed by atoms with Gasteiger partial charge in [-0.15, -0.1) is 16.8 Å². The van der Waals surface area contributed by atoms with Gasteiger partial charge < -0.3 is 4.57 Å². The minimum atomic E-state index is 0.729.